The molecule has 5 rings (SSSR count). The van der Waals surface area contributed by atoms with Crippen molar-refractivity contribution in [3.05, 3.63) is 95.4 Å². The Morgan fingerprint density at radius 1 is 0.947 bits per heavy atom. The summed E-state index contributed by atoms with van der Waals surface area (Å²) in [6.45, 7) is 2.19. The molecular formula is C31H33N3O3S. The van der Waals surface area contributed by atoms with E-state index in [2.05, 4.69) is 22.5 Å². The summed E-state index contributed by atoms with van der Waals surface area (Å²) in [7, 11) is 0. The monoisotopic (exact) mass is 527 g/mol. The van der Waals surface area contributed by atoms with Crippen LogP contribution in [0.5, 0.6) is 5.75 Å². The Morgan fingerprint density at radius 3 is 2.29 bits per heavy atom. The second kappa shape index (κ2) is 12.2. The maximum absolute atomic E-state index is 13.7. The van der Waals surface area contributed by atoms with Crippen LogP contribution in [0.15, 0.2) is 89.8 Å². The molecule has 1 aliphatic carbocycles. The molecule has 2 aliphatic rings. The van der Waals surface area contributed by atoms with Crippen molar-refractivity contribution in [2.75, 3.05) is 17.2 Å². The summed E-state index contributed by atoms with van der Waals surface area (Å²) in [5, 5.41) is 6.39. The molecule has 3 atom stereocenters. The summed E-state index contributed by atoms with van der Waals surface area (Å²) in [6.07, 6.45) is 6.53. The topological polar surface area (TPSA) is 70.7 Å². The lowest BCUT2D eigenvalue weighted by molar-refractivity contribution is -0.129. The number of nitrogens with zero attached hydrogens (tertiary/aromatic N) is 1. The number of hydrogen-bond acceptors (Lipinski definition) is 5. The van der Waals surface area contributed by atoms with Gasteiger partial charge in [0.25, 0.3) is 11.8 Å². The lowest BCUT2D eigenvalue weighted by Gasteiger charge is -2.39. The number of hydrogen-bond donors (Lipinski definition) is 2. The van der Waals surface area contributed by atoms with Gasteiger partial charge in [0.05, 0.1) is 4.91 Å². The molecule has 7 heteroatoms. The average molecular weight is 528 g/mol. The van der Waals surface area contributed by atoms with Crippen LogP contribution in [-0.4, -0.2) is 34.9 Å². The summed E-state index contributed by atoms with van der Waals surface area (Å²) in [5.74, 6) is 0.940. The number of amides is 2. The second-order valence-corrected chi connectivity index (χ2v) is 10.9. The zero-order chi connectivity index (χ0) is 26.3. The Labute approximate surface area is 228 Å². The summed E-state index contributed by atoms with van der Waals surface area (Å²) in [4.78, 5) is 28.6. The quantitative estimate of drug-likeness (QED) is 0.323. The van der Waals surface area contributed by atoms with Crippen molar-refractivity contribution >= 4 is 41.0 Å². The molecule has 3 aromatic carbocycles. The highest BCUT2D eigenvalue weighted by Crippen LogP contribution is 2.42. The van der Waals surface area contributed by atoms with E-state index in [1.54, 1.807) is 11.8 Å². The molecule has 3 aromatic rings. The van der Waals surface area contributed by atoms with Crippen molar-refractivity contribution in [2.24, 2.45) is 5.92 Å². The minimum atomic E-state index is -0.218. The van der Waals surface area contributed by atoms with Crippen molar-refractivity contribution in [2.45, 2.75) is 44.1 Å². The first-order chi connectivity index (χ1) is 18.6. The third-order valence-corrected chi connectivity index (χ3v) is 8.14. The predicted molar refractivity (Wildman–Crippen MR) is 155 cm³/mol. The first-order valence-corrected chi connectivity index (χ1v) is 14.1. The molecule has 1 aliphatic heterocycles. The number of carbonyl (C=O) groups excluding carboxylic acids is 2. The minimum Gasteiger partial charge on any atom is -0.484 e. The van der Waals surface area contributed by atoms with Gasteiger partial charge in [-0.3, -0.25) is 9.59 Å². The van der Waals surface area contributed by atoms with Gasteiger partial charge < -0.3 is 20.3 Å². The Morgan fingerprint density at radius 2 is 1.61 bits per heavy atom. The fourth-order valence-corrected chi connectivity index (χ4v) is 6.26. The average Bonchev–Trinajstić information content (AvgIpc) is 3.23. The van der Waals surface area contributed by atoms with Gasteiger partial charge in [-0.2, -0.15) is 0 Å². The molecular weight excluding hydrogens is 494 g/mol. The molecule has 196 valence electrons. The number of rotatable bonds is 8. The molecule has 1 heterocycles. The molecule has 6 nitrogen and oxygen atoms in total. The number of thioether (sulfide) groups is 1. The lowest BCUT2D eigenvalue weighted by Crippen LogP contribution is -2.48. The van der Waals surface area contributed by atoms with Gasteiger partial charge in [-0.1, -0.05) is 80.1 Å². The van der Waals surface area contributed by atoms with Gasteiger partial charge in [-0.05, 0) is 66.8 Å². The van der Waals surface area contributed by atoms with Crippen LogP contribution in [0.2, 0.25) is 0 Å². The van der Waals surface area contributed by atoms with Crippen LogP contribution < -0.4 is 15.4 Å². The fraction of sp³-hybridized carbons (Fsp3) is 0.290. The van der Waals surface area contributed by atoms with Gasteiger partial charge in [0.2, 0.25) is 0 Å². The van der Waals surface area contributed by atoms with Crippen LogP contribution in [0.1, 0.15) is 38.2 Å². The van der Waals surface area contributed by atoms with Crippen molar-refractivity contribution in [1.82, 2.24) is 4.90 Å². The number of anilines is 2. The Kier molecular flexibility index (Phi) is 8.34. The van der Waals surface area contributed by atoms with Crippen molar-refractivity contribution in [3.8, 4) is 5.75 Å². The molecule has 1 unspecified atom stereocenters. The highest BCUT2D eigenvalue weighted by atomic mass is 32.2. The lowest BCUT2D eigenvalue weighted by atomic mass is 9.85. The van der Waals surface area contributed by atoms with E-state index in [-0.39, 0.29) is 30.0 Å². The molecule has 1 saturated heterocycles. The first kappa shape index (κ1) is 25.9. The molecule has 0 radical (unpaired) electrons. The molecule has 2 amide bonds. The minimum absolute atomic E-state index is 0.0783. The molecule has 0 spiro atoms. The van der Waals surface area contributed by atoms with Gasteiger partial charge in [0.15, 0.2) is 12.1 Å². The van der Waals surface area contributed by atoms with E-state index in [0.717, 1.165) is 41.1 Å². The summed E-state index contributed by atoms with van der Waals surface area (Å²) in [5.41, 5.74) is 2.51. The maximum Gasteiger partial charge on any atom is 0.262 e. The third kappa shape index (κ3) is 6.40. The van der Waals surface area contributed by atoms with Gasteiger partial charge in [-0.15, -0.1) is 0 Å². The van der Waals surface area contributed by atoms with Gasteiger partial charge in [0.1, 0.15) is 5.75 Å². The zero-order valence-corrected chi connectivity index (χ0v) is 22.3. The van der Waals surface area contributed by atoms with Crippen LogP contribution in [0.4, 0.5) is 11.4 Å². The number of ether oxygens (including phenoxy) is 1. The highest BCUT2D eigenvalue weighted by Gasteiger charge is 2.42. The molecule has 38 heavy (non-hydrogen) atoms. The molecule has 0 aromatic heterocycles. The van der Waals surface area contributed by atoms with E-state index in [4.69, 9.17) is 4.74 Å². The standard InChI is InChI=1S/C31H33N3O3S/c1-22-10-8-9-15-27(22)34-30(36)28(38-31(34)33-25-13-6-3-7-14-25)20-23-16-18-26(19-17-23)37-21-29(35)32-24-11-4-2-5-12-24/h2-7,11-14,16-20,22,27,31,33H,8-10,15,21H2,1H3,(H,32,35)/b28-20-/t22-,27+,31?/m0/s1. The summed E-state index contributed by atoms with van der Waals surface area (Å²) in [6, 6.07) is 27.1. The van der Waals surface area contributed by atoms with Crippen LogP contribution in [-0.2, 0) is 9.59 Å². The third-order valence-electron chi connectivity index (χ3n) is 7.03. The number of carbonyl (C=O) groups is 2. The van der Waals surface area contributed by atoms with Gasteiger partial charge in [-0.25, -0.2) is 0 Å². The summed E-state index contributed by atoms with van der Waals surface area (Å²) >= 11 is 1.57. The Hall–Kier alpha value is -3.71. The van der Waals surface area contributed by atoms with Crippen LogP contribution >= 0.6 is 11.8 Å². The van der Waals surface area contributed by atoms with E-state index in [1.807, 2.05) is 91.0 Å². The zero-order valence-electron chi connectivity index (χ0n) is 21.5. The van der Waals surface area contributed by atoms with Crippen LogP contribution in [0.3, 0.4) is 0 Å². The van der Waals surface area contributed by atoms with Gasteiger partial charge in [0, 0.05) is 17.4 Å². The second-order valence-electron chi connectivity index (χ2n) is 9.80. The van der Waals surface area contributed by atoms with E-state index in [1.165, 1.54) is 6.42 Å². The normalized spacial score (nSPS) is 22.3. The molecule has 2 fully saturated rings. The van der Waals surface area contributed by atoms with E-state index in [0.29, 0.717) is 11.7 Å². The smallest absolute Gasteiger partial charge is 0.262 e. The number of benzene rings is 3. The Balaban J connectivity index is 1.26. The Bertz CT molecular complexity index is 1260. The largest absolute Gasteiger partial charge is 0.484 e. The van der Waals surface area contributed by atoms with E-state index >= 15 is 0 Å². The van der Waals surface area contributed by atoms with Crippen molar-refractivity contribution < 1.29 is 14.3 Å². The van der Waals surface area contributed by atoms with E-state index < -0.39 is 0 Å². The van der Waals surface area contributed by atoms with Gasteiger partial charge >= 0.3 is 0 Å². The van der Waals surface area contributed by atoms with Crippen LogP contribution in [0.25, 0.3) is 6.08 Å². The summed E-state index contributed by atoms with van der Waals surface area (Å²) < 4.78 is 5.65. The highest BCUT2D eigenvalue weighted by molar-refractivity contribution is 8.05. The number of para-hydroxylation sites is 2. The predicted octanol–water partition coefficient (Wildman–Crippen LogP) is 6.59. The fourth-order valence-electron chi connectivity index (χ4n) is 5.05. The maximum atomic E-state index is 13.7. The van der Waals surface area contributed by atoms with Crippen molar-refractivity contribution in [3.63, 3.8) is 0 Å². The van der Waals surface area contributed by atoms with Crippen molar-refractivity contribution in [1.29, 1.82) is 0 Å². The number of nitrogens with one attached hydrogen (secondary N) is 2. The van der Waals surface area contributed by atoms with Crippen LogP contribution in [0, 0.1) is 5.92 Å². The molecule has 2 N–H and O–H groups in total. The molecule has 1 saturated carbocycles. The van der Waals surface area contributed by atoms with E-state index in [9.17, 15) is 9.59 Å². The first-order valence-electron chi connectivity index (χ1n) is 13.2. The SMILES string of the molecule is C[C@H]1CCCC[C@H]1N1C(=O)/C(=C/c2ccc(OCC(=O)Nc3ccccc3)cc2)SC1Nc1ccccc1. The molecule has 0 bridgehead atoms.